The highest BCUT2D eigenvalue weighted by atomic mass is 79.9. The Morgan fingerprint density at radius 1 is 1.50 bits per heavy atom. The van der Waals surface area contributed by atoms with Gasteiger partial charge in [-0.25, -0.2) is 0 Å². The largest absolute Gasteiger partial charge is 0.311 e. The van der Waals surface area contributed by atoms with Crippen LogP contribution in [0.25, 0.3) is 0 Å². The number of nitrogens with zero attached hydrogens (tertiary/aromatic N) is 1. The molecule has 0 radical (unpaired) electrons. The second-order valence-electron chi connectivity index (χ2n) is 4.61. The lowest BCUT2D eigenvalue weighted by molar-refractivity contribution is -0.385. The molecule has 6 heteroatoms. The van der Waals surface area contributed by atoms with E-state index < -0.39 is 0 Å². The van der Waals surface area contributed by atoms with E-state index in [-0.39, 0.29) is 15.4 Å². The number of nitrogens with one attached hydrogen (secondary N) is 1. The summed E-state index contributed by atoms with van der Waals surface area (Å²) in [7, 11) is 0. The van der Waals surface area contributed by atoms with Crippen LogP contribution >= 0.6 is 27.7 Å². The molecule has 0 amide bonds. The van der Waals surface area contributed by atoms with E-state index in [0.29, 0.717) is 11.0 Å². The lowest BCUT2D eigenvalue weighted by Gasteiger charge is -2.22. The molecule has 1 aromatic rings. The van der Waals surface area contributed by atoms with Crippen molar-refractivity contribution in [2.45, 2.75) is 25.1 Å². The first-order valence-corrected chi connectivity index (χ1v) is 7.56. The molecule has 0 heterocycles. The van der Waals surface area contributed by atoms with Gasteiger partial charge in [-0.05, 0) is 47.7 Å². The highest BCUT2D eigenvalue weighted by molar-refractivity contribution is 9.10. The SMILES string of the molecule is CSC(C)(C)CNCc1ccc(Br)c([N+](=O)[O-])c1. The van der Waals surface area contributed by atoms with E-state index >= 15 is 0 Å². The summed E-state index contributed by atoms with van der Waals surface area (Å²) in [4.78, 5) is 10.4. The number of hydrogen-bond donors (Lipinski definition) is 1. The van der Waals surface area contributed by atoms with Crippen molar-refractivity contribution >= 4 is 33.4 Å². The maximum Gasteiger partial charge on any atom is 0.283 e. The number of nitro groups is 1. The molecule has 0 aliphatic carbocycles. The summed E-state index contributed by atoms with van der Waals surface area (Å²) in [6.45, 7) is 5.82. The Morgan fingerprint density at radius 2 is 2.17 bits per heavy atom. The molecule has 0 spiro atoms. The minimum atomic E-state index is -0.376. The van der Waals surface area contributed by atoms with E-state index in [1.165, 1.54) is 0 Å². The molecule has 0 saturated carbocycles. The highest BCUT2D eigenvalue weighted by Crippen LogP contribution is 2.25. The van der Waals surface area contributed by atoms with Crippen LogP contribution in [0.4, 0.5) is 5.69 Å². The fraction of sp³-hybridized carbons (Fsp3) is 0.500. The van der Waals surface area contributed by atoms with Gasteiger partial charge in [0.1, 0.15) is 0 Å². The van der Waals surface area contributed by atoms with Crippen LogP contribution in [-0.4, -0.2) is 22.5 Å². The molecule has 1 aromatic carbocycles. The number of nitro benzene ring substituents is 1. The zero-order valence-electron chi connectivity index (χ0n) is 10.7. The van der Waals surface area contributed by atoms with Gasteiger partial charge in [-0.1, -0.05) is 6.07 Å². The van der Waals surface area contributed by atoms with Gasteiger partial charge in [-0.15, -0.1) is 0 Å². The van der Waals surface area contributed by atoms with Gasteiger partial charge in [-0.3, -0.25) is 10.1 Å². The maximum atomic E-state index is 10.8. The third-order valence-corrected chi connectivity index (χ3v) is 4.56. The fourth-order valence-corrected chi connectivity index (χ4v) is 2.03. The normalized spacial score (nSPS) is 11.6. The van der Waals surface area contributed by atoms with Crippen LogP contribution in [0.3, 0.4) is 0 Å². The first kappa shape index (κ1) is 15.5. The lowest BCUT2D eigenvalue weighted by atomic mass is 10.1. The summed E-state index contributed by atoms with van der Waals surface area (Å²) in [5, 5.41) is 14.1. The first-order valence-electron chi connectivity index (χ1n) is 5.54. The van der Waals surface area contributed by atoms with Gasteiger partial charge in [0.05, 0.1) is 9.40 Å². The Balaban J connectivity index is 2.64. The minimum Gasteiger partial charge on any atom is -0.311 e. The topological polar surface area (TPSA) is 55.2 Å². The van der Waals surface area contributed by atoms with Crippen LogP contribution in [0.15, 0.2) is 22.7 Å². The average molecular weight is 333 g/mol. The van der Waals surface area contributed by atoms with E-state index in [1.807, 2.05) is 6.07 Å². The first-order chi connectivity index (χ1) is 8.35. The summed E-state index contributed by atoms with van der Waals surface area (Å²) in [6, 6.07) is 5.20. The lowest BCUT2D eigenvalue weighted by Crippen LogP contribution is -2.31. The molecule has 0 atom stereocenters. The molecular formula is C12H17BrN2O2S. The molecule has 4 nitrogen and oxygen atoms in total. The number of hydrogen-bond acceptors (Lipinski definition) is 4. The second kappa shape index (κ2) is 6.54. The maximum absolute atomic E-state index is 10.8. The third kappa shape index (κ3) is 4.59. The quantitative estimate of drug-likeness (QED) is 0.638. The predicted octanol–water partition coefficient (Wildman–Crippen LogP) is 3.59. The molecule has 0 aliphatic heterocycles. The molecule has 0 unspecified atom stereocenters. The van der Waals surface area contributed by atoms with Gasteiger partial charge in [0, 0.05) is 23.9 Å². The van der Waals surface area contributed by atoms with Crippen molar-refractivity contribution in [3.05, 3.63) is 38.3 Å². The van der Waals surface area contributed by atoms with Crippen molar-refractivity contribution in [3.8, 4) is 0 Å². The molecule has 1 rings (SSSR count). The second-order valence-corrected chi connectivity index (χ2v) is 6.98. The monoisotopic (exact) mass is 332 g/mol. The Hall–Kier alpha value is -0.590. The van der Waals surface area contributed by atoms with Crippen molar-refractivity contribution < 1.29 is 4.92 Å². The Labute approximate surface area is 120 Å². The molecule has 100 valence electrons. The fourth-order valence-electron chi connectivity index (χ4n) is 1.39. The molecule has 0 aromatic heterocycles. The predicted molar refractivity (Wildman–Crippen MR) is 80.1 cm³/mol. The number of thioether (sulfide) groups is 1. The number of halogens is 1. The van der Waals surface area contributed by atoms with Crippen LogP contribution in [-0.2, 0) is 6.54 Å². The van der Waals surface area contributed by atoms with Crippen LogP contribution < -0.4 is 5.32 Å². The van der Waals surface area contributed by atoms with Crippen LogP contribution in [0.2, 0.25) is 0 Å². The van der Waals surface area contributed by atoms with Gasteiger partial charge in [-0.2, -0.15) is 11.8 Å². The summed E-state index contributed by atoms with van der Waals surface area (Å²) in [5.74, 6) is 0. The van der Waals surface area contributed by atoms with E-state index in [4.69, 9.17) is 0 Å². The molecule has 0 aliphatic rings. The summed E-state index contributed by atoms with van der Waals surface area (Å²) >= 11 is 4.97. The van der Waals surface area contributed by atoms with Crippen molar-refractivity contribution in [2.24, 2.45) is 0 Å². The van der Waals surface area contributed by atoms with E-state index in [0.717, 1.165) is 12.1 Å². The Morgan fingerprint density at radius 3 is 2.72 bits per heavy atom. The van der Waals surface area contributed by atoms with Crippen LogP contribution in [0, 0.1) is 10.1 Å². The summed E-state index contributed by atoms with van der Waals surface area (Å²) < 4.78 is 0.682. The summed E-state index contributed by atoms with van der Waals surface area (Å²) in [6.07, 6.45) is 2.08. The number of rotatable bonds is 6. The average Bonchev–Trinajstić information content (AvgIpc) is 2.31. The van der Waals surface area contributed by atoms with Gasteiger partial charge < -0.3 is 5.32 Å². The zero-order chi connectivity index (χ0) is 13.8. The van der Waals surface area contributed by atoms with Crippen molar-refractivity contribution in [3.63, 3.8) is 0 Å². The Bertz CT molecular complexity index is 438. The highest BCUT2D eigenvalue weighted by Gasteiger charge is 2.16. The van der Waals surface area contributed by atoms with E-state index in [9.17, 15) is 10.1 Å². The van der Waals surface area contributed by atoms with Gasteiger partial charge in [0.15, 0.2) is 0 Å². The molecular weight excluding hydrogens is 316 g/mol. The van der Waals surface area contributed by atoms with E-state index in [1.54, 1.807) is 23.9 Å². The van der Waals surface area contributed by atoms with Gasteiger partial charge in [0.2, 0.25) is 0 Å². The van der Waals surface area contributed by atoms with Gasteiger partial charge >= 0.3 is 0 Å². The minimum absolute atomic E-state index is 0.110. The molecule has 1 N–H and O–H groups in total. The van der Waals surface area contributed by atoms with Gasteiger partial charge in [0.25, 0.3) is 5.69 Å². The molecule has 0 fully saturated rings. The smallest absolute Gasteiger partial charge is 0.283 e. The van der Waals surface area contributed by atoms with Crippen molar-refractivity contribution in [1.82, 2.24) is 5.32 Å². The standard InChI is InChI=1S/C12H17BrN2O2S/c1-12(2,18-3)8-14-7-9-4-5-10(13)11(6-9)15(16)17/h4-6,14H,7-8H2,1-3H3. The Kier molecular flexibility index (Phi) is 5.62. The van der Waals surface area contributed by atoms with Crippen molar-refractivity contribution in [2.75, 3.05) is 12.8 Å². The van der Waals surface area contributed by atoms with Crippen molar-refractivity contribution in [1.29, 1.82) is 0 Å². The molecule has 0 bridgehead atoms. The zero-order valence-corrected chi connectivity index (χ0v) is 13.1. The summed E-state index contributed by atoms with van der Waals surface area (Å²) in [5.41, 5.74) is 1.03. The van der Waals surface area contributed by atoms with Crippen LogP contribution in [0.5, 0.6) is 0 Å². The third-order valence-electron chi connectivity index (χ3n) is 2.64. The molecule has 0 saturated heterocycles. The van der Waals surface area contributed by atoms with Crippen LogP contribution in [0.1, 0.15) is 19.4 Å². The molecule has 18 heavy (non-hydrogen) atoms. The van der Waals surface area contributed by atoms with E-state index in [2.05, 4.69) is 41.3 Å². The number of benzene rings is 1.